The molecule has 0 saturated carbocycles. The first-order chi connectivity index (χ1) is 18.8. The molecule has 0 spiro atoms. The van der Waals surface area contributed by atoms with Crippen LogP contribution < -0.4 is 14.5 Å². The number of thioether (sulfide) groups is 1. The number of nitro groups is 1. The van der Waals surface area contributed by atoms with Gasteiger partial charge in [-0.15, -0.1) is 0 Å². The molecule has 9 nitrogen and oxygen atoms in total. The van der Waals surface area contributed by atoms with Crippen molar-refractivity contribution in [3.8, 4) is 5.75 Å². The lowest BCUT2D eigenvalue weighted by Gasteiger charge is -2.29. The maximum absolute atomic E-state index is 13.8. The number of imide groups is 1. The second-order valence-electron chi connectivity index (χ2n) is 9.38. The highest BCUT2D eigenvalue weighted by molar-refractivity contribution is 8.00. The van der Waals surface area contributed by atoms with Gasteiger partial charge in [0.1, 0.15) is 17.6 Å². The van der Waals surface area contributed by atoms with Crippen LogP contribution in [-0.4, -0.2) is 27.0 Å². The number of aromatic amines is 1. The minimum absolute atomic E-state index is 0.132. The summed E-state index contributed by atoms with van der Waals surface area (Å²) >= 11 is 2.23. The zero-order chi connectivity index (χ0) is 27.3. The van der Waals surface area contributed by atoms with Gasteiger partial charge in [0.15, 0.2) is 0 Å². The van der Waals surface area contributed by atoms with Crippen LogP contribution in [0.2, 0.25) is 0 Å². The highest BCUT2D eigenvalue weighted by Gasteiger charge is 2.56. The molecule has 3 atom stereocenters. The molecule has 3 aromatic carbocycles. The van der Waals surface area contributed by atoms with Crippen LogP contribution >= 0.6 is 23.1 Å². The van der Waals surface area contributed by atoms with Crippen LogP contribution in [0, 0.1) is 23.0 Å². The molecule has 3 heterocycles. The molecule has 0 aliphatic carbocycles. The van der Waals surface area contributed by atoms with Crippen molar-refractivity contribution in [2.45, 2.75) is 29.7 Å². The fourth-order valence-electron chi connectivity index (χ4n) is 5.09. The van der Waals surface area contributed by atoms with Gasteiger partial charge in [-0.3, -0.25) is 24.5 Å². The predicted octanol–water partition coefficient (Wildman–Crippen LogP) is 5.03. The van der Waals surface area contributed by atoms with Crippen molar-refractivity contribution < 1.29 is 19.2 Å². The van der Waals surface area contributed by atoms with Crippen LogP contribution in [0.5, 0.6) is 5.75 Å². The highest BCUT2D eigenvalue weighted by Crippen LogP contribution is 2.53. The van der Waals surface area contributed by atoms with E-state index in [9.17, 15) is 24.5 Å². The Bertz CT molecular complexity index is 1660. The Labute approximate surface area is 230 Å². The van der Waals surface area contributed by atoms with Gasteiger partial charge >= 0.3 is 4.87 Å². The van der Waals surface area contributed by atoms with E-state index in [1.54, 1.807) is 0 Å². The summed E-state index contributed by atoms with van der Waals surface area (Å²) in [5.74, 6) is -1.41. The summed E-state index contributed by atoms with van der Waals surface area (Å²) in [7, 11) is 0. The van der Waals surface area contributed by atoms with E-state index in [0.29, 0.717) is 22.3 Å². The first-order valence-corrected chi connectivity index (χ1v) is 13.8. The van der Waals surface area contributed by atoms with Crippen molar-refractivity contribution in [2.24, 2.45) is 5.92 Å². The van der Waals surface area contributed by atoms with Crippen LogP contribution in [0.3, 0.4) is 0 Å². The van der Waals surface area contributed by atoms with Crippen molar-refractivity contribution in [2.75, 3.05) is 4.90 Å². The largest absolute Gasteiger partial charge is 0.489 e. The maximum Gasteiger partial charge on any atom is 0.305 e. The third kappa shape index (κ3) is 4.53. The Morgan fingerprint density at radius 2 is 1.74 bits per heavy atom. The fraction of sp³-hybridized carbons (Fsp3) is 0.179. The maximum atomic E-state index is 13.8. The number of thiazole rings is 1. The topological polar surface area (TPSA) is 123 Å². The van der Waals surface area contributed by atoms with Crippen LogP contribution in [0.1, 0.15) is 27.5 Å². The van der Waals surface area contributed by atoms with Gasteiger partial charge in [0.25, 0.3) is 5.69 Å². The average molecular weight is 560 g/mol. The Morgan fingerprint density at radius 3 is 2.44 bits per heavy atom. The van der Waals surface area contributed by atoms with E-state index in [1.165, 1.54) is 36.0 Å². The number of ether oxygens (including phenoxy) is 1. The second-order valence-corrected chi connectivity index (χ2v) is 11.5. The summed E-state index contributed by atoms with van der Waals surface area (Å²) in [5.41, 5.74) is 3.13. The number of nitro benzene ring substituents is 1. The van der Waals surface area contributed by atoms with Gasteiger partial charge in [-0.1, -0.05) is 65.1 Å². The standard InChI is InChI=1S/C28H21N3O6S2/c1-15-3-2-4-16(13-15)14-37-20-11-5-17(6-12-20)21-22-24(38-25-23(21)39-28(34)29-25)27(33)30(26(22)32)18-7-9-19(10-8-18)31(35)36/h2-13,21-22,24H,14H2,1H3,(H,29,34)/t21-,22?,24?/m1/s1. The lowest BCUT2D eigenvalue weighted by atomic mass is 9.83. The Kier molecular flexibility index (Phi) is 6.32. The minimum atomic E-state index is -0.743. The molecule has 1 fully saturated rings. The van der Waals surface area contributed by atoms with Crippen molar-refractivity contribution >= 4 is 46.3 Å². The molecule has 1 saturated heterocycles. The predicted molar refractivity (Wildman–Crippen MR) is 147 cm³/mol. The summed E-state index contributed by atoms with van der Waals surface area (Å²) < 4.78 is 5.95. The smallest absolute Gasteiger partial charge is 0.305 e. The lowest BCUT2D eigenvalue weighted by molar-refractivity contribution is -0.384. The molecule has 2 aliphatic heterocycles. The summed E-state index contributed by atoms with van der Waals surface area (Å²) in [6.07, 6.45) is 0. The van der Waals surface area contributed by atoms with Gasteiger partial charge in [-0.05, 0) is 42.3 Å². The number of carbonyl (C=O) groups is 2. The Balaban J connectivity index is 1.31. The highest BCUT2D eigenvalue weighted by atomic mass is 32.2. The number of rotatable bonds is 6. The van der Waals surface area contributed by atoms with Gasteiger partial charge in [-0.2, -0.15) is 0 Å². The molecule has 0 bridgehead atoms. The van der Waals surface area contributed by atoms with E-state index in [2.05, 4.69) is 11.1 Å². The number of non-ortho nitro benzene ring substituents is 1. The monoisotopic (exact) mass is 559 g/mol. The molecule has 1 aromatic heterocycles. The Hall–Kier alpha value is -4.22. The number of hydrogen-bond donors (Lipinski definition) is 1. The molecule has 196 valence electrons. The van der Waals surface area contributed by atoms with Crippen LogP contribution in [0.15, 0.2) is 82.6 Å². The molecule has 1 N–H and O–H groups in total. The lowest BCUT2D eigenvalue weighted by Crippen LogP contribution is -2.32. The van der Waals surface area contributed by atoms with E-state index in [4.69, 9.17) is 4.74 Å². The fourth-order valence-corrected chi connectivity index (χ4v) is 7.61. The number of nitrogens with zero attached hydrogens (tertiary/aromatic N) is 2. The van der Waals surface area contributed by atoms with Gasteiger partial charge in [0, 0.05) is 22.9 Å². The van der Waals surface area contributed by atoms with Crippen molar-refractivity contribution in [1.29, 1.82) is 0 Å². The number of aryl methyl sites for hydroxylation is 1. The summed E-state index contributed by atoms with van der Waals surface area (Å²) in [6.45, 7) is 2.43. The minimum Gasteiger partial charge on any atom is -0.489 e. The first kappa shape index (κ1) is 25.1. The molecule has 4 aromatic rings. The van der Waals surface area contributed by atoms with Crippen molar-refractivity contribution in [3.05, 3.63) is 114 Å². The number of amides is 2. The van der Waals surface area contributed by atoms with Crippen LogP contribution in [0.25, 0.3) is 0 Å². The summed E-state index contributed by atoms with van der Waals surface area (Å²) in [4.78, 5) is 54.5. The van der Waals surface area contributed by atoms with E-state index < -0.39 is 33.8 Å². The van der Waals surface area contributed by atoms with Gasteiger partial charge in [0.2, 0.25) is 11.8 Å². The zero-order valence-electron chi connectivity index (χ0n) is 20.5. The summed E-state index contributed by atoms with van der Waals surface area (Å²) in [6, 6.07) is 20.8. The van der Waals surface area contributed by atoms with Gasteiger partial charge in [0.05, 0.1) is 21.6 Å². The Morgan fingerprint density at radius 1 is 1.00 bits per heavy atom. The van der Waals surface area contributed by atoms with Crippen molar-refractivity contribution in [1.82, 2.24) is 4.98 Å². The molecule has 2 amide bonds. The molecule has 11 heteroatoms. The van der Waals surface area contributed by atoms with E-state index >= 15 is 0 Å². The van der Waals surface area contributed by atoms with E-state index in [1.807, 2.05) is 49.4 Å². The molecular formula is C28H21N3O6S2. The number of benzene rings is 3. The molecule has 6 rings (SSSR count). The number of nitrogens with one attached hydrogen (secondary N) is 1. The number of carbonyl (C=O) groups excluding carboxylic acids is 2. The van der Waals surface area contributed by atoms with Gasteiger partial charge in [-0.25, -0.2) is 4.90 Å². The number of anilines is 1. The summed E-state index contributed by atoms with van der Waals surface area (Å²) in [5, 5.41) is 10.9. The van der Waals surface area contributed by atoms with Crippen LogP contribution in [0.4, 0.5) is 11.4 Å². The average Bonchev–Trinajstić information content (AvgIpc) is 3.42. The van der Waals surface area contributed by atoms with Crippen LogP contribution in [-0.2, 0) is 16.2 Å². The normalized spacial score (nSPS) is 20.0. The first-order valence-electron chi connectivity index (χ1n) is 12.1. The molecule has 2 unspecified atom stereocenters. The third-order valence-electron chi connectivity index (χ3n) is 6.87. The van der Waals surface area contributed by atoms with E-state index in [0.717, 1.165) is 32.9 Å². The number of aromatic nitrogens is 1. The molecule has 39 heavy (non-hydrogen) atoms. The van der Waals surface area contributed by atoms with Gasteiger partial charge < -0.3 is 9.72 Å². The van der Waals surface area contributed by atoms with Crippen molar-refractivity contribution in [3.63, 3.8) is 0 Å². The number of fused-ring (bicyclic) bond motifs is 2. The third-order valence-corrected chi connectivity index (χ3v) is 9.27. The molecular weight excluding hydrogens is 538 g/mol. The number of hydrogen-bond acceptors (Lipinski definition) is 8. The number of H-pyrrole nitrogens is 1. The SMILES string of the molecule is Cc1cccc(COc2ccc([C@H]3c4sc(=O)[nH]c4SC4C(=O)N(c5ccc([N+](=O)[O-])cc5)C(=O)C43)cc2)c1. The second kappa shape index (κ2) is 9.83. The van der Waals surface area contributed by atoms with E-state index in [-0.39, 0.29) is 16.2 Å². The molecule has 2 aliphatic rings. The zero-order valence-corrected chi connectivity index (χ0v) is 22.2. The molecule has 0 radical (unpaired) electrons. The quantitative estimate of drug-likeness (QED) is 0.200.